The highest BCUT2D eigenvalue weighted by molar-refractivity contribution is 5.98. The Morgan fingerprint density at radius 2 is 1.85 bits per heavy atom. The van der Waals surface area contributed by atoms with Crippen LogP contribution in [-0.2, 0) is 28.7 Å². The van der Waals surface area contributed by atoms with Crippen LogP contribution in [0.25, 0.3) is 0 Å². The van der Waals surface area contributed by atoms with E-state index in [4.69, 9.17) is 9.47 Å². The van der Waals surface area contributed by atoms with Gasteiger partial charge in [0.1, 0.15) is 17.7 Å². The SMILES string of the molecule is C=CCCC(=O)N[C@H](C)[C@@H](OC(=O)[C@@H]1[C@@H]2CC[C@]3(O2)[C@H](C(=O)N(CC=C)C(C)(C)CC(C)(C)C)N(CCO)C(=O)[C@@H]13)c1ccccc1. The molecule has 2 N–H and O–H groups in total. The summed E-state index contributed by atoms with van der Waals surface area (Å²) in [4.78, 5) is 58.9. The summed E-state index contributed by atoms with van der Waals surface area (Å²) in [5, 5.41) is 13.0. The number of hydrogen-bond donors (Lipinski definition) is 2. The number of aliphatic hydroxyl groups excluding tert-OH is 1. The van der Waals surface area contributed by atoms with E-state index in [9.17, 15) is 24.3 Å². The maximum atomic E-state index is 14.7. The first-order chi connectivity index (χ1) is 22.1. The maximum absolute atomic E-state index is 14.7. The van der Waals surface area contributed by atoms with Gasteiger partial charge in [-0.3, -0.25) is 19.2 Å². The molecule has 3 aliphatic rings. The maximum Gasteiger partial charge on any atom is 0.313 e. The molecule has 3 saturated heterocycles. The number of likely N-dealkylation sites (tertiary alicyclic amines) is 1. The fourth-order valence-corrected chi connectivity index (χ4v) is 8.29. The number of carbonyl (C=O) groups is 4. The monoisotopic (exact) mass is 651 g/mol. The second-order valence-electron chi connectivity index (χ2n) is 15.1. The number of ether oxygens (including phenoxy) is 2. The Morgan fingerprint density at radius 3 is 2.45 bits per heavy atom. The van der Waals surface area contributed by atoms with Crippen LogP contribution in [0.4, 0.5) is 0 Å². The third-order valence-electron chi connectivity index (χ3n) is 9.71. The third kappa shape index (κ3) is 7.33. The molecule has 47 heavy (non-hydrogen) atoms. The molecule has 3 amide bonds. The zero-order chi connectivity index (χ0) is 34.7. The van der Waals surface area contributed by atoms with Crippen LogP contribution in [0.15, 0.2) is 55.6 Å². The van der Waals surface area contributed by atoms with Crippen molar-refractivity contribution >= 4 is 23.7 Å². The molecule has 1 spiro atoms. The molecule has 2 bridgehead atoms. The predicted molar refractivity (Wildman–Crippen MR) is 179 cm³/mol. The minimum absolute atomic E-state index is 0.0642. The van der Waals surface area contributed by atoms with Gasteiger partial charge in [-0.05, 0) is 57.4 Å². The third-order valence-corrected chi connectivity index (χ3v) is 9.71. The lowest BCUT2D eigenvalue weighted by Crippen LogP contribution is -2.61. The van der Waals surface area contributed by atoms with Crippen molar-refractivity contribution in [2.75, 3.05) is 19.7 Å². The Hall–Kier alpha value is -3.50. The smallest absolute Gasteiger partial charge is 0.313 e. The number of nitrogens with zero attached hydrogens (tertiary/aromatic N) is 2. The number of carbonyl (C=O) groups excluding carboxylic acids is 4. The van der Waals surface area contributed by atoms with Crippen LogP contribution in [0.2, 0.25) is 0 Å². The Balaban J connectivity index is 1.67. The molecule has 0 aromatic heterocycles. The van der Waals surface area contributed by atoms with Crippen LogP contribution in [0.3, 0.4) is 0 Å². The van der Waals surface area contributed by atoms with Crippen molar-refractivity contribution in [2.24, 2.45) is 17.3 Å². The van der Waals surface area contributed by atoms with Gasteiger partial charge in [0.05, 0.1) is 30.6 Å². The molecular weight excluding hydrogens is 598 g/mol. The molecular formula is C37H53N3O7. The lowest BCUT2D eigenvalue weighted by atomic mass is 9.70. The fourth-order valence-electron chi connectivity index (χ4n) is 8.29. The first kappa shape index (κ1) is 36.3. The minimum atomic E-state index is -1.23. The van der Waals surface area contributed by atoms with E-state index < -0.39 is 59.1 Å². The lowest BCUT2D eigenvalue weighted by Gasteiger charge is -2.45. The summed E-state index contributed by atoms with van der Waals surface area (Å²) in [5.41, 5.74) is -1.21. The number of amides is 3. The Bertz CT molecular complexity index is 1340. The van der Waals surface area contributed by atoms with Crippen molar-refractivity contribution < 1.29 is 33.8 Å². The zero-order valence-electron chi connectivity index (χ0n) is 28.9. The van der Waals surface area contributed by atoms with Crippen LogP contribution in [0.1, 0.15) is 85.3 Å². The Morgan fingerprint density at radius 1 is 1.17 bits per heavy atom. The first-order valence-corrected chi connectivity index (χ1v) is 16.8. The average molecular weight is 652 g/mol. The standard InChI is InChI=1S/C37H53N3O7/c1-9-11-17-27(42)38-24(3)30(25-15-13-12-14-16-25)46-34(45)28-26-18-19-37(47-26)29(28)32(43)39(21-22-41)31(37)33(44)40(20-10-2)36(7,8)23-35(4,5)6/h9-10,12-16,24,26,28-31,41H,1-2,11,17-23H2,3-8H3,(H,38,42)/t24-,26+,28-,29-,30-,31+,37-/m1/s1. The quantitative estimate of drug-likeness (QED) is 0.214. The van der Waals surface area contributed by atoms with E-state index in [0.29, 0.717) is 31.2 Å². The molecule has 3 fully saturated rings. The number of rotatable bonds is 15. The topological polar surface area (TPSA) is 125 Å². The van der Waals surface area contributed by atoms with Gasteiger partial charge in [-0.1, -0.05) is 63.3 Å². The largest absolute Gasteiger partial charge is 0.455 e. The summed E-state index contributed by atoms with van der Waals surface area (Å²) < 4.78 is 12.8. The van der Waals surface area contributed by atoms with Gasteiger partial charge in [0.25, 0.3) is 0 Å². The number of nitrogens with one attached hydrogen (secondary N) is 1. The van der Waals surface area contributed by atoms with Crippen LogP contribution >= 0.6 is 0 Å². The fraction of sp³-hybridized carbons (Fsp3) is 0.622. The van der Waals surface area contributed by atoms with Crippen molar-refractivity contribution in [3.05, 3.63) is 61.2 Å². The highest BCUT2D eigenvalue weighted by Gasteiger charge is 2.75. The summed E-state index contributed by atoms with van der Waals surface area (Å²) in [6.45, 7) is 19.6. The van der Waals surface area contributed by atoms with E-state index in [1.807, 2.05) is 44.2 Å². The second kappa shape index (κ2) is 14.3. The first-order valence-electron chi connectivity index (χ1n) is 16.8. The highest BCUT2D eigenvalue weighted by Crippen LogP contribution is 2.59. The molecule has 10 nitrogen and oxygen atoms in total. The molecule has 3 heterocycles. The van der Waals surface area contributed by atoms with E-state index >= 15 is 0 Å². The van der Waals surface area contributed by atoms with Crippen molar-refractivity contribution in [3.8, 4) is 0 Å². The van der Waals surface area contributed by atoms with Gasteiger partial charge in [0, 0.05) is 25.0 Å². The number of benzene rings is 1. The molecule has 1 aromatic carbocycles. The van der Waals surface area contributed by atoms with Crippen molar-refractivity contribution in [3.63, 3.8) is 0 Å². The number of β-amino-alcohol motifs (C(OH)–C–C–N with tert-alkyl or cyclic N) is 1. The Kier molecular flexibility index (Phi) is 11.1. The van der Waals surface area contributed by atoms with E-state index in [-0.39, 0.29) is 43.3 Å². The Labute approximate surface area is 279 Å². The summed E-state index contributed by atoms with van der Waals surface area (Å²) in [7, 11) is 0. The highest BCUT2D eigenvalue weighted by atomic mass is 16.6. The minimum Gasteiger partial charge on any atom is -0.455 e. The van der Waals surface area contributed by atoms with Crippen molar-refractivity contribution in [2.45, 2.75) is 109 Å². The van der Waals surface area contributed by atoms with Crippen molar-refractivity contribution in [1.29, 1.82) is 0 Å². The van der Waals surface area contributed by atoms with Crippen LogP contribution < -0.4 is 5.32 Å². The van der Waals surface area contributed by atoms with E-state index in [2.05, 4.69) is 39.2 Å². The number of allylic oxidation sites excluding steroid dienone is 1. The lowest BCUT2D eigenvalue weighted by molar-refractivity contribution is -0.162. The van der Waals surface area contributed by atoms with Gasteiger partial charge < -0.3 is 29.7 Å². The normalized spacial score (nSPS) is 26.4. The van der Waals surface area contributed by atoms with Gasteiger partial charge in [-0.2, -0.15) is 0 Å². The van der Waals surface area contributed by atoms with E-state index in [0.717, 1.165) is 0 Å². The molecule has 4 rings (SSSR count). The van der Waals surface area contributed by atoms with Gasteiger partial charge in [-0.25, -0.2) is 0 Å². The van der Waals surface area contributed by atoms with Gasteiger partial charge in [0.15, 0.2) is 0 Å². The number of aliphatic hydroxyl groups is 1. The van der Waals surface area contributed by atoms with Crippen molar-refractivity contribution in [1.82, 2.24) is 15.1 Å². The van der Waals surface area contributed by atoms with Gasteiger partial charge >= 0.3 is 5.97 Å². The van der Waals surface area contributed by atoms with Crippen LogP contribution in [-0.4, -0.2) is 87.6 Å². The summed E-state index contributed by atoms with van der Waals surface area (Å²) in [6.07, 6.45) is 4.30. The number of fused-ring (bicyclic) bond motifs is 1. The molecule has 0 radical (unpaired) electrons. The molecule has 0 aliphatic carbocycles. The summed E-state index contributed by atoms with van der Waals surface area (Å²) in [5.74, 6) is -3.36. The molecule has 10 heteroatoms. The summed E-state index contributed by atoms with van der Waals surface area (Å²) >= 11 is 0. The predicted octanol–water partition coefficient (Wildman–Crippen LogP) is 4.34. The van der Waals surface area contributed by atoms with E-state index in [1.54, 1.807) is 24.0 Å². The summed E-state index contributed by atoms with van der Waals surface area (Å²) in [6, 6.07) is 7.59. The number of esters is 1. The average Bonchev–Trinajstić information content (AvgIpc) is 3.64. The van der Waals surface area contributed by atoms with E-state index in [1.165, 1.54) is 4.90 Å². The molecule has 258 valence electrons. The van der Waals surface area contributed by atoms with Crippen LogP contribution in [0.5, 0.6) is 0 Å². The molecule has 0 unspecified atom stereocenters. The second-order valence-corrected chi connectivity index (χ2v) is 15.1. The molecule has 3 aliphatic heterocycles. The number of hydrogen-bond acceptors (Lipinski definition) is 7. The molecule has 1 aromatic rings. The molecule has 7 atom stereocenters. The van der Waals surface area contributed by atoms with Gasteiger partial charge in [-0.15, -0.1) is 13.2 Å². The van der Waals surface area contributed by atoms with Crippen LogP contribution in [0, 0.1) is 17.3 Å². The zero-order valence-corrected chi connectivity index (χ0v) is 28.9. The van der Waals surface area contributed by atoms with Gasteiger partial charge in [0.2, 0.25) is 17.7 Å². The molecule has 0 saturated carbocycles.